The number of nitrogens with one attached hydrogen (secondary N) is 1. The van der Waals surface area contributed by atoms with Gasteiger partial charge in [0.15, 0.2) is 0 Å². The molecule has 1 amide bonds. The Morgan fingerprint density at radius 1 is 1.11 bits per heavy atom. The summed E-state index contributed by atoms with van der Waals surface area (Å²) in [6, 6.07) is 18.3. The molecule has 1 atom stereocenters. The van der Waals surface area contributed by atoms with Gasteiger partial charge >= 0.3 is 6.03 Å². The third-order valence-electron chi connectivity index (χ3n) is 6.61. The van der Waals surface area contributed by atoms with Crippen molar-refractivity contribution in [1.82, 2.24) is 24.4 Å². The highest BCUT2D eigenvalue weighted by molar-refractivity contribution is 5.78. The minimum absolute atomic E-state index is 0.159. The van der Waals surface area contributed by atoms with E-state index in [2.05, 4.69) is 62.9 Å². The van der Waals surface area contributed by atoms with Crippen molar-refractivity contribution in [2.45, 2.75) is 32.9 Å². The molecule has 2 aromatic carbocycles. The summed E-state index contributed by atoms with van der Waals surface area (Å²) in [5.41, 5.74) is 3.94. The van der Waals surface area contributed by atoms with Crippen molar-refractivity contribution in [3.05, 3.63) is 85.3 Å². The van der Waals surface area contributed by atoms with Crippen LogP contribution in [0.15, 0.2) is 79.6 Å². The monoisotopic (exact) mass is 484 g/mol. The molecule has 0 radical (unpaired) electrons. The molecule has 0 aliphatic carbocycles. The van der Waals surface area contributed by atoms with Crippen molar-refractivity contribution in [3.8, 4) is 17.0 Å². The number of hydrogen-bond donors (Lipinski definition) is 1. The second-order valence-corrected chi connectivity index (χ2v) is 9.49. The summed E-state index contributed by atoms with van der Waals surface area (Å²) >= 11 is 0. The van der Waals surface area contributed by atoms with Gasteiger partial charge in [-0.1, -0.05) is 18.2 Å². The van der Waals surface area contributed by atoms with Crippen LogP contribution in [0.3, 0.4) is 0 Å². The number of hydrogen-bond acceptors (Lipinski definition) is 5. The summed E-state index contributed by atoms with van der Waals surface area (Å²) in [7, 11) is 0. The normalized spacial score (nSPS) is 15.4. The Balaban J connectivity index is 1.12. The van der Waals surface area contributed by atoms with Gasteiger partial charge in [0.2, 0.25) is 0 Å². The van der Waals surface area contributed by atoms with Gasteiger partial charge in [-0.05, 0) is 62.6 Å². The Morgan fingerprint density at radius 2 is 1.92 bits per heavy atom. The fourth-order valence-electron chi connectivity index (χ4n) is 4.57. The predicted octanol–water partition coefficient (Wildman–Crippen LogP) is 4.99. The van der Waals surface area contributed by atoms with Crippen molar-refractivity contribution < 1.29 is 9.53 Å². The zero-order valence-corrected chi connectivity index (χ0v) is 20.7. The van der Waals surface area contributed by atoms with Gasteiger partial charge in [0.1, 0.15) is 18.7 Å². The average Bonchev–Trinajstić information content (AvgIpc) is 3.68. The first-order valence-corrected chi connectivity index (χ1v) is 12.4. The molecular formula is C28H32N6O2. The van der Waals surface area contributed by atoms with E-state index in [9.17, 15) is 4.79 Å². The Labute approximate surface area is 211 Å². The van der Waals surface area contributed by atoms with Crippen molar-refractivity contribution in [2.24, 2.45) is 5.92 Å². The number of imidazole rings is 2. The molecule has 4 aromatic rings. The topological polar surface area (TPSA) is 77.2 Å². The summed E-state index contributed by atoms with van der Waals surface area (Å²) < 4.78 is 9.54. The van der Waals surface area contributed by atoms with Crippen molar-refractivity contribution in [2.75, 3.05) is 24.5 Å². The van der Waals surface area contributed by atoms with E-state index in [1.54, 1.807) is 12.5 Å². The van der Waals surface area contributed by atoms with Crippen LogP contribution in [0.1, 0.15) is 32.0 Å². The zero-order valence-electron chi connectivity index (χ0n) is 20.7. The Morgan fingerprint density at radius 3 is 2.69 bits per heavy atom. The quantitative estimate of drug-likeness (QED) is 0.381. The number of anilines is 1. The van der Waals surface area contributed by atoms with E-state index in [0.29, 0.717) is 25.1 Å². The van der Waals surface area contributed by atoms with Gasteiger partial charge in [-0.25, -0.2) is 14.8 Å². The van der Waals surface area contributed by atoms with Crippen molar-refractivity contribution >= 4 is 11.7 Å². The summed E-state index contributed by atoms with van der Waals surface area (Å²) in [4.78, 5) is 23.7. The van der Waals surface area contributed by atoms with Crippen LogP contribution in [0.4, 0.5) is 10.5 Å². The van der Waals surface area contributed by atoms with E-state index in [1.807, 2.05) is 42.9 Å². The summed E-state index contributed by atoms with van der Waals surface area (Å²) in [6.45, 7) is 7.31. The number of carbonyl (C=O) groups is 1. The molecule has 36 heavy (non-hydrogen) atoms. The zero-order chi connectivity index (χ0) is 24.9. The number of ether oxygens (including phenoxy) is 1. The molecule has 8 heteroatoms. The summed E-state index contributed by atoms with van der Waals surface area (Å²) in [5.74, 6) is 1.21. The predicted molar refractivity (Wildman–Crippen MR) is 140 cm³/mol. The van der Waals surface area contributed by atoms with E-state index in [0.717, 1.165) is 42.2 Å². The minimum Gasteiger partial charge on any atom is -0.487 e. The van der Waals surface area contributed by atoms with Gasteiger partial charge in [0, 0.05) is 43.1 Å². The van der Waals surface area contributed by atoms with Crippen LogP contribution in [0.2, 0.25) is 0 Å². The number of nitrogens with zero attached hydrogens (tertiary/aromatic N) is 5. The maximum Gasteiger partial charge on any atom is 0.326 e. The number of para-hydroxylation sites is 1. The highest BCUT2D eigenvalue weighted by Crippen LogP contribution is 2.24. The number of amides is 1. The first-order valence-electron chi connectivity index (χ1n) is 12.4. The lowest BCUT2D eigenvalue weighted by atomic mass is 10.1. The fourth-order valence-corrected chi connectivity index (χ4v) is 4.57. The Bertz CT molecular complexity index is 1280. The molecule has 8 nitrogen and oxygen atoms in total. The third kappa shape index (κ3) is 5.43. The van der Waals surface area contributed by atoms with Gasteiger partial charge in [-0.15, -0.1) is 0 Å². The lowest BCUT2D eigenvalue weighted by Crippen LogP contribution is -2.33. The van der Waals surface area contributed by atoms with E-state index in [4.69, 9.17) is 4.74 Å². The molecule has 1 saturated heterocycles. The standard InChI is InChI=1S/C28H32N6O2/c1-21(2)34-19-29-15-25(34)18-36-26-10-8-23(9-11-26)27-17-33(20-31-27)28(35)30-14-22-12-13-32(16-22)24-6-4-3-5-7-24/h3-11,15,17,19-22H,12-14,16,18H2,1-2H3,(H,30,35). The van der Waals surface area contributed by atoms with Gasteiger partial charge in [-0.3, -0.25) is 4.57 Å². The molecule has 0 saturated carbocycles. The van der Waals surface area contributed by atoms with Crippen LogP contribution in [-0.4, -0.2) is 44.8 Å². The second-order valence-electron chi connectivity index (χ2n) is 9.49. The molecule has 1 unspecified atom stereocenters. The number of rotatable bonds is 8. The molecule has 2 aromatic heterocycles. The molecule has 3 heterocycles. The maximum absolute atomic E-state index is 12.7. The van der Waals surface area contributed by atoms with Gasteiger partial charge < -0.3 is 19.5 Å². The summed E-state index contributed by atoms with van der Waals surface area (Å²) in [5, 5.41) is 3.06. The third-order valence-corrected chi connectivity index (χ3v) is 6.61. The van der Waals surface area contributed by atoms with Gasteiger partial charge in [0.25, 0.3) is 0 Å². The number of carbonyl (C=O) groups excluding carboxylic acids is 1. The van der Waals surface area contributed by atoms with Crippen LogP contribution in [0.5, 0.6) is 5.75 Å². The fraction of sp³-hybridized carbons (Fsp3) is 0.321. The highest BCUT2D eigenvalue weighted by atomic mass is 16.5. The van der Waals surface area contributed by atoms with Crippen LogP contribution in [-0.2, 0) is 6.61 Å². The molecule has 0 bridgehead atoms. The van der Waals surface area contributed by atoms with E-state index >= 15 is 0 Å². The van der Waals surface area contributed by atoms with E-state index in [1.165, 1.54) is 10.3 Å². The molecule has 1 fully saturated rings. The highest BCUT2D eigenvalue weighted by Gasteiger charge is 2.23. The van der Waals surface area contributed by atoms with Crippen molar-refractivity contribution in [3.63, 3.8) is 0 Å². The molecule has 0 spiro atoms. The molecule has 1 N–H and O–H groups in total. The lowest BCUT2D eigenvalue weighted by molar-refractivity contribution is 0.240. The largest absolute Gasteiger partial charge is 0.487 e. The van der Waals surface area contributed by atoms with E-state index in [-0.39, 0.29) is 6.03 Å². The SMILES string of the molecule is CC(C)n1cncc1COc1ccc(-c2cn(C(=O)NCC3CCN(c4ccccc4)C3)cn2)cc1. The second kappa shape index (κ2) is 10.7. The van der Waals surface area contributed by atoms with Gasteiger partial charge in [-0.2, -0.15) is 0 Å². The maximum atomic E-state index is 12.7. The number of aromatic nitrogens is 4. The Hall–Kier alpha value is -4.07. The summed E-state index contributed by atoms with van der Waals surface area (Å²) in [6.07, 6.45) is 8.05. The first kappa shape index (κ1) is 23.7. The Kier molecular flexibility index (Phi) is 7.02. The van der Waals surface area contributed by atoms with Crippen LogP contribution >= 0.6 is 0 Å². The lowest BCUT2D eigenvalue weighted by Gasteiger charge is -2.18. The molecule has 1 aliphatic rings. The van der Waals surface area contributed by atoms with Gasteiger partial charge in [0.05, 0.1) is 23.9 Å². The first-order chi connectivity index (χ1) is 17.6. The average molecular weight is 485 g/mol. The van der Waals surface area contributed by atoms with Crippen LogP contribution < -0.4 is 15.0 Å². The number of benzene rings is 2. The minimum atomic E-state index is -0.159. The van der Waals surface area contributed by atoms with Crippen molar-refractivity contribution in [1.29, 1.82) is 0 Å². The van der Waals surface area contributed by atoms with Crippen LogP contribution in [0.25, 0.3) is 11.3 Å². The smallest absolute Gasteiger partial charge is 0.326 e. The molecule has 186 valence electrons. The molecule has 5 rings (SSSR count). The molecular weight excluding hydrogens is 452 g/mol. The molecule has 1 aliphatic heterocycles. The van der Waals surface area contributed by atoms with E-state index < -0.39 is 0 Å². The van der Waals surface area contributed by atoms with Crippen LogP contribution in [0, 0.1) is 5.92 Å².